The number of benzene rings is 3. The number of oxazole rings is 1. The van der Waals surface area contributed by atoms with E-state index >= 15 is 4.39 Å². The van der Waals surface area contributed by atoms with Gasteiger partial charge in [0.2, 0.25) is 11.6 Å². The second-order valence-corrected chi connectivity index (χ2v) is 8.78. The monoisotopic (exact) mass is 498 g/mol. The van der Waals surface area contributed by atoms with Crippen LogP contribution in [-0.4, -0.2) is 29.2 Å². The molecule has 37 heavy (non-hydrogen) atoms. The zero-order valence-electron chi connectivity index (χ0n) is 20.7. The fourth-order valence-corrected chi connectivity index (χ4v) is 4.45. The predicted molar refractivity (Wildman–Crippen MR) is 139 cm³/mol. The minimum absolute atomic E-state index is 0.225. The zero-order chi connectivity index (χ0) is 25.8. The van der Waals surface area contributed by atoms with Crippen molar-refractivity contribution in [3.63, 3.8) is 0 Å². The Morgan fingerprint density at radius 1 is 1.00 bits per heavy atom. The number of carbonyl (C=O) groups is 1. The first-order valence-corrected chi connectivity index (χ1v) is 12.0. The number of rotatable bonds is 9. The fourth-order valence-electron chi connectivity index (χ4n) is 4.45. The third-order valence-electron chi connectivity index (χ3n) is 6.41. The van der Waals surface area contributed by atoms with E-state index in [0.717, 1.165) is 27.9 Å². The van der Waals surface area contributed by atoms with Crippen LogP contribution in [0.5, 0.6) is 5.75 Å². The molecule has 0 bridgehead atoms. The average Bonchev–Trinajstić information content (AvgIpc) is 3.52. The molecular formula is C30H27FN2O4. The number of methoxy groups -OCH3 is 1. The van der Waals surface area contributed by atoms with Crippen LogP contribution in [0.1, 0.15) is 17.0 Å². The van der Waals surface area contributed by atoms with Crippen molar-refractivity contribution >= 4 is 16.9 Å². The molecule has 188 valence electrons. The molecule has 0 aliphatic carbocycles. The van der Waals surface area contributed by atoms with Gasteiger partial charge in [0.1, 0.15) is 11.5 Å². The summed E-state index contributed by atoms with van der Waals surface area (Å²) in [6, 6.07) is 25.6. The van der Waals surface area contributed by atoms with Crippen LogP contribution in [0.15, 0.2) is 95.5 Å². The van der Waals surface area contributed by atoms with E-state index in [9.17, 15) is 4.79 Å². The topological polar surface area (TPSA) is 66.5 Å². The molecule has 0 saturated carbocycles. The molecule has 6 nitrogen and oxygen atoms in total. The first-order valence-electron chi connectivity index (χ1n) is 12.0. The standard InChI is InChI=1S/C30H27FN2O4/c1-21-25(32-28(37-21)22-10-5-3-6-11-22)17-19-36-27-15-9-14-26-24(27)16-18-33(26)20-30(31,29(34)35-2)23-12-7-4-8-13-23/h3-16,18H,17,19-20H2,1-2H3. The van der Waals surface area contributed by atoms with Crippen LogP contribution in [0.3, 0.4) is 0 Å². The van der Waals surface area contributed by atoms with E-state index in [2.05, 4.69) is 4.98 Å². The Balaban J connectivity index is 1.34. The number of aromatic nitrogens is 2. The van der Waals surface area contributed by atoms with Gasteiger partial charge >= 0.3 is 5.97 Å². The van der Waals surface area contributed by atoms with Crippen LogP contribution in [0.25, 0.3) is 22.4 Å². The van der Waals surface area contributed by atoms with Gasteiger partial charge in [-0.2, -0.15) is 0 Å². The number of alkyl halides is 1. The van der Waals surface area contributed by atoms with Crippen LogP contribution in [0.2, 0.25) is 0 Å². The van der Waals surface area contributed by atoms with E-state index in [1.807, 2.05) is 61.5 Å². The summed E-state index contributed by atoms with van der Waals surface area (Å²) in [4.78, 5) is 17.1. The van der Waals surface area contributed by atoms with E-state index in [0.29, 0.717) is 24.7 Å². The highest BCUT2D eigenvalue weighted by Gasteiger charge is 2.42. The van der Waals surface area contributed by atoms with Gasteiger partial charge in [0.25, 0.3) is 0 Å². The normalized spacial score (nSPS) is 12.8. The summed E-state index contributed by atoms with van der Waals surface area (Å²) in [7, 11) is 1.19. The minimum Gasteiger partial charge on any atom is -0.492 e. The molecule has 0 aliphatic rings. The number of aryl methyl sites for hydroxylation is 1. The van der Waals surface area contributed by atoms with Crippen LogP contribution >= 0.6 is 0 Å². The molecule has 0 amide bonds. The number of ether oxygens (including phenoxy) is 2. The lowest BCUT2D eigenvalue weighted by molar-refractivity contribution is -0.156. The largest absolute Gasteiger partial charge is 0.492 e. The summed E-state index contributed by atoms with van der Waals surface area (Å²) >= 11 is 0. The molecule has 5 rings (SSSR count). The lowest BCUT2D eigenvalue weighted by Gasteiger charge is -2.24. The third-order valence-corrected chi connectivity index (χ3v) is 6.41. The Kier molecular flexibility index (Phi) is 6.77. The van der Waals surface area contributed by atoms with Gasteiger partial charge in [0, 0.05) is 29.1 Å². The number of esters is 1. The van der Waals surface area contributed by atoms with Gasteiger partial charge in [-0.3, -0.25) is 0 Å². The number of nitrogens with zero attached hydrogens (tertiary/aromatic N) is 2. The molecule has 0 radical (unpaired) electrons. The second-order valence-electron chi connectivity index (χ2n) is 8.78. The van der Waals surface area contributed by atoms with E-state index in [-0.39, 0.29) is 12.1 Å². The fraction of sp³-hybridized carbons (Fsp3) is 0.200. The van der Waals surface area contributed by atoms with Crippen molar-refractivity contribution in [2.45, 2.75) is 25.6 Å². The SMILES string of the molecule is COC(=O)C(F)(Cn1ccc2c(OCCc3nc(-c4ccccc4)oc3C)cccc21)c1ccccc1. The van der Waals surface area contributed by atoms with E-state index in [1.54, 1.807) is 41.1 Å². The maximum Gasteiger partial charge on any atom is 0.350 e. The summed E-state index contributed by atoms with van der Waals surface area (Å²) in [5.74, 6) is 1.08. The van der Waals surface area contributed by atoms with Crippen molar-refractivity contribution in [1.29, 1.82) is 0 Å². The first-order chi connectivity index (χ1) is 18.0. The number of carbonyl (C=O) groups excluding carboxylic acids is 1. The van der Waals surface area contributed by atoms with E-state index in [4.69, 9.17) is 13.9 Å². The van der Waals surface area contributed by atoms with Crippen LogP contribution in [0.4, 0.5) is 4.39 Å². The number of fused-ring (bicyclic) bond motifs is 1. The molecule has 0 fully saturated rings. The summed E-state index contributed by atoms with van der Waals surface area (Å²) in [6.07, 6.45) is 2.33. The van der Waals surface area contributed by atoms with Crippen LogP contribution in [-0.2, 0) is 28.2 Å². The molecule has 0 spiro atoms. The third kappa shape index (κ3) is 4.85. The Morgan fingerprint density at radius 3 is 2.46 bits per heavy atom. The summed E-state index contributed by atoms with van der Waals surface area (Å²) in [5.41, 5.74) is 0.430. The molecule has 0 aliphatic heterocycles. The van der Waals surface area contributed by atoms with Crippen molar-refractivity contribution in [2.75, 3.05) is 13.7 Å². The molecule has 3 aromatic carbocycles. The highest BCUT2D eigenvalue weighted by molar-refractivity contribution is 5.87. The van der Waals surface area contributed by atoms with Crippen molar-refractivity contribution in [3.8, 4) is 17.2 Å². The highest BCUT2D eigenvalue weighted by Crippen LogP contribution is 2.33. The lowest BCUT2D eigenvalue weighted by Crippen LogP contribution is -2.36. The molecule has 1 unspecified atom stereocenters. The van der Waals surface area contributed by atoms with Crippen molar-refractivity contribution in [2.24, 2.45) is 0 Å². The molecular weight excluding hydrogens is 471 g/mol. The van der Waals surface area contributed by atoms with Crippen molar-refractivity contribution < 1.29 is 23.1 Å². The zero-order valence-corrected chi connectivity index (χ0v) is 20.7. The van der Waals surface area contributed by atoms with E-state index < -0.39 is 11.6 Å². The number of hydrogen-bond acceptors (Lipinski definition) is 5. The molecule has 5 aromatic rings. The summed E-state index contributed by atoms with van der Waals surface area (Å²) in [6.45, 7) is 2.06. The maximum atomic E-state index is 16.1. The lowest BCUT2D eigenvalue weighted by atomic mass is 9.95. The molecule has 2 aromatic heterocycles. The molecule has 2 heterocycles. The van der Waals surface area contributed by atoms with Gasteiger partial charge < -0.3 is 18.5 Å². The Hall–Kier alpha value is -4.39. The van der Waals surface area contributed by atoms with Crippen LogP contribution in [0, 0.1) is 6.92 Å². The second kappa shape index (κ2) is 10.3. The van der Waals surface area contributed by atoms with Gasteiger partial charge in [-0.15, -0.1) is 0 Å². The maximum absolute atomic E-state index is 16.1. The van der Waals surface area contributed by atoms with Gasteiger partial charge in [-0.1, -0.05) is 54.6 Å². The highest BCUT2D eigenvalue weighted by atomic mass is 19.1. The van der Waals surface area contributed by atoms with Crippen molar-refractivity contribution in [1.82, 2.24) is 9.55 Å². The average molecular weight is 499 g/mol. The van der Waals surface area contributed by atoms with Crippen molar-refractivity contribution in [3.05, 3.63) is 108 Å². The number of halogens is 1. The predicted octanol–water partition coefficient (Wildman–Crippen LogP) is 6.26. The minimum atomic E-state index is -2.33. The quantitative estimate of drug-likeness (QED) is 0.224. The van der Waals surface area contributed by atoms with Gasteiger partial charge in [-0.25, -0.2) is 14.2 Å². The Bertz CT molecular complexity index is 1510. The summed E-state index contributed by atoms with van der Waals surface area (Å²) < 4.78 is 34.6. The number of hydrogen-bond donors (Lipinski definition) is 0. The Morgan fingerprint density at radius 2 is 1.73 bits per heavy atom. The molecule has 0 saturated heterocycles. The van der Waals surface area contributed by atoms with Crippen LogP contribution < -0.4 is 4.74 Å². The van der Waals surface area contributed by atoms with Gasteiger partial charge in [0.05, 0.1) is 31.5 Å². The van der Waals surface area contributed by atoms with Gasteiger partial charge in [-0.05, 0) is 37.3 Å². The molecule has 1 atom stereocenters. The molecule has 0 N–H and O–H groups in total. The Labute approximate surface area is 214 Å². The summed E-state index contributed by atoms with van der Waals surface area (Å²) in [5, 5.41) is 0.824. The first kappa shape index (κ1) is 24.3. The van der Waals surface area contributed by atoms with Gasteiger partial charge in [0.15, 0.2) is 0 Å². The molecule has 7 heteroatoms. The smallest absolute Gasteiger partial charge is 0.350 e. The van der Waals surface area contributed by atoms with E-state index in [1.165, 1.54) is 7.11 Å².